The van der Waals surface area contributed by atoms with Gasteiger partial charge in [0.1, 0.15) is 0 Å². The average Bonchev–Trinajstić information content (AvgIpc) is 2.80. The minimum Gasteiger partial charge on any atom is -0.479 e. The van der Waals surface area contributed by atoms with Crippen LogP contribution in [0.15, 0.2) is 0 Å². The predicted octanol–water partition coefficient (Wildman–Crippen LogP) is 7.00. The average molecular weight is 550 g/mol. The Labute approximate surface area is 224 Å². The van der Waals surface area contributed by atoms with Gasteiger partial charge in [-0.05, 0) is 48.9 Å². The smallest absolute Gasteiger partial charge is 0.479 e. The van der Waals surface area contributed by atoms with Crippen molar-refractivity contribution in [3.05, 3.63) is 0 Å². The van der Waals surface area contributed by atoms with Gasteiger partial charge in [-0.3, -0.25) is 0 Å². The van der Waals surface area contributed by atoms with Crippen LogP contribution in [0.5, 0.6) is 0 Å². The van der Waals surface area contributed by atoms with E-state index in [1.807, 2.05) is 0 Å². The molecule has 0 radical (unpaired) electrons. The Bertz CT molecular complexity index is 514. The lowest BCUT2D eigenvalue weighted by Crippen LogP contribution is -2.53. The van der Waals surface area contributed by atoms with E-state index in [1.165, 1.54) is 0 Å². The summed E-state index contributed by atoms with van der Waals surface area (Å²) in [5.41, 5.74) is 1.02. The van der Waals surface area contributed by atoms with Crippen molar-refractivity contribution in [3.63, 3.8) is 0 Å². The fourth-order valence-corrected chi connectivity index (χ4v) is 13.1. The first-order valence-electron chi connectivity index (χ1n) is 14.6. The summed E-state index contributed by atoms with van der Waals surface area (Å²) in [5.74, 6) is -0.890. The quantitative estimate of drug-likeness (QED) is 0.0990. The van der Waals surface area contributed by atoms with Crippen LogP contribution >= 0.6 is 0 Å². The minimum absolute atomic E-state index is 0.300. The van der Waals surface area contributed by atoms with Gasteiger partial charge in [0.15, 0.2) is 6.10 Å². The molecule has 0 aliphatic heterocycles. The van der Waals surface area contributed by atoms with Crippen molar-refractivity contribution >= 4 is 23.1 Å². The van der Waals surface area contributed by atoms with Gasteiger partial charge in [-0.1, -0.05) is 81.6 Å². The Kier molecular flexibility index (Phi) is 19.6. The maximum atomic E-state index is 12.1. The molecule has 0 aromatic heterocycles. The predicted molar refractivity (Wildman–Crippen MR) is 154 cm³/mol. The van der Waals surface area contributed by atoms with Gasteiger partial charge in [-0.15, -0.1) is 0 Å². The highest BCUT2D eigenvalue weighted by molar-refractivity contribution is 6.77. The molecule has 36 heavy (non-hydrogen) atoms. The van der Waals surface area contributed by atoms with Crippen molar-refractivity contribution in [2.75, 3.05) is 32.9 Å². The van der Waals surface area contributed by atoms with Gasteiger partial charge in [0.25, 0.3) is 0 Å². The number of carboxylic acids is 1. The van der Waals surface area contributed by atoms with Crippen LogP contribution in [0.3, 0.4) is 0 Å². The second-order valence-electron chi connectivity index (χ2n) is 10.9. The molecule has 0 heterocycles. The molecule has 0 aliphatic rings. The Morgan fingerprint density at radius 3 is 1.50 bits per heavy atom. The maximum Gasteiger partial charge on any atom is 0.501 e. The number of hydrogen-bond donors (Lipinski definition) is 2. The van der Waals surface area contributed by atoms with Crippen molar-refractivity contribution in [3.8, 4) is 0 Å². The fourth-order valence-electron chi connectivity index (χ4n) is 4.95. The van der Waals surface area contributed by atoms with Gasteiger partial charge < -0.3 is 28.1 Å². The molecule has 0 rings (SSSR count). The number of carbonyl (C=O) groups is 1. The van der Waals surface area contributed by atoms with Crippen molar-refractivity contribution in [1.82, 2.24) is 5.32 Å². The number of rotatable bonds is 24. The highest BCUT2D eigenvalue weighted by atomic mass is 28.4. The van der Waals surface area contributed by atoms with Crippen LogP contribution in [0.2, 0.25) is 22.7 Å². The zero-order valence-corrected chi connectivity index (χ0v) is 27.0. The first-order chi connectivity index (χ1) is 17.0. The van der Waals surface area contributed by atoms with E-state index in [1.54, 1.807) is 0 Å². The lowest BCUT2D eigenvalue weighted by molar-refractivity contribution is -0.145. The Morgan fingerprint density at radius 2 is 1.17 bits per heavy atom. The van der Waals surface area contributed by atoms with Gasteiger partial charge in [0.2, 0.25) is 8.32 Å². The van der Waals surface area contributed by atoms with E-state index in [0.29, 0.717) is 49.5 Å². The minimum atomic E-state index is -2.77. The molecule has 0 saturated carbocycles. The second-order valence-corrected chi connectivity index (χ2v) is 19.0. The molecule has 0 saturated heterocycles. The largest absolute Gasteiger partial charge is 0.501 e. The van der Waals surface area contributed by atoms with Gasteiger partial charge in [0, 0.05) is 32.4 Å². The summed E-state index contributed by atoms with van der Waals surface area (Å²) in [7, 11) is -5.05. The van der Waals surface area contributed by atoms with Crippen LogP contribution in [-0.2, 0) is 22.5 Å². The maximum absolute atomic E-state index is 12.1. The number of carboxylic acid groups (broad SMARTS) is 1. The Morgan fingerprint density at radius 1 is 0.750 bits per heavy atom. The van der Waals surface area contributed by atoms with E-state index in [9.17, 15) is 9.90 Å². The van der Waals surface area contributed by atoms with Gasteiger partial charge in [0.05, 0.1) is 0 Å². The van der Waals surface area contributed by atoms with Crippen LogP contribution in [0.4, 0.5) is 0 Å². The molecule has 0 aliphatic carbocycles. The summed E-state index contributed by atoms with van der Waals surface area (Å²) < 4.78 is 25.5. The summed E-state index contributed by atoms with van der Waals surface area (Å²) in [6.45, 7) is 22.5. The third-order valence-electron chi connectivity index (χ3n) is 6.95. The van der Waals surface area contributed by atoms with Crippen LogP contribution < -0.4 is 5.32 Å². The number of unbranched alkanes of at least 4 members (excludes halogenated alkanes) is 3. The Hall–Kier alpha value is -0.296. The van der Waals surface area contributed by atoms with E-state index in [4.69, 9.17) is 17.7 Å². The van der Waals surface area contributed by atoms with Crippen LogP contribution in [-0.4, -0.2) is 67.2 Å². The van der Waals surface area contributed by atoms with Crippen molar-refractivity contribution < 1.29 is 27.6 Å². The molecule has 1 atom stereocenters. The van der Waals surface area contributed by atoms with Gasteiger partial charge in [-0.2, -0.15) is 0 Å². The monoisotopic (exact) mass is 549 g/mol. The Balaban J connectivity index is 5.18. The summed E-state index contributed by atoms with van der Waals surface area (Å²) in [6.07, 6.45) is 6.16. The van der Waals surface area contributed by atoms with Crippen molar-refractivity contribution in [2.24, 2.45) is 0 Å². The normalized spacial score (nSPS) is 13.8. The topological polar surface area (TPSA) is 86.3 Å². The van der Waals surface area contributed by atoms with E-state index < -0.39 is 29.2 Å². The lowest BCUT2D eigenvalue weighted by atomic mass is 10.3. The van der Waals surface area contributed by atoms with E-state index in [-0.39, 0.29) is 0 Å². The second kappa shape index (κ2) is 19.7. The third kappa shape index (κ3) is 12.5. The number of hydrogen-bond acceptors (Lipinski definition) is 6. The standard InChI is InChI=1S/C27H59NO6Si2/c1-10-13-18-31-35(32-19-14-11-2,33-20-15-12-3)21-16-17-28-22-26(27(29)30)34-36(23(4)5,24(6)7)25(8)9/h23-26,28H,10-22H2,1-9H3,(H,29,30). The molecule has 1 unspecified atom stereocenters. The molecule has 9 heteroatoms. The first kappa shape index (κ1) is 35.7. The zero-order chi connectivity index (χ0) is 27.6. The molecular formula is C27H59NO6Si2. The molecule has 0 amide bonds. The SMILES string of the molecule is CCCCO[Si](CCCNCC(O[Si](C(C)C)(C(C)C)C(C)C)C(=O)O)(OCCCC)OCCCC. The third-order valence-corrected chi connectivity index (χ3v) is 16.0. The highest BCUT2D eigenvalue weighted by Gasteiger charge is 2.47. The van der Waals surface area contributed by atoms with E-state index >= 15 is 0 Å². The first-order valence-corrected chi connectivity index (χ1v) is 18.6. The molecule has 2 N–H and O–H groups in total. The summed E-state index contributed by atoms with van der Waals surface area (Å²) in [4.78, 5) is 12.1. The molecule has 0 bridgehead atoms. The summed E-state index contributed by atoms with van der Waals surface area (Å²) in [5, 5.41) is 13.3. The van der Waals surface area contributed by atoms with Crippen LogP contribution in [0.25, 0.3) is 0 Å². The summed E-state index contributed by atoms with van der Waals surface area (Å²) in [6, 6.07) is 0.735. The highest BCUT2D eigenvalue weighted by Crippen LogP contribution is 2.43. The molecule has 0 fully saturated rings. The molecule has 216 valence electrons. The van der Waals surface area contributed by atoms with E-state index in [0.717, 1.165) is 51.0 Å². The van der Waals surface area contributed by atoms with Crippen molar-refractivity contribution in [1.29, 1.82) is 0 Å². The molecule has 0 aromatic carbocycles. The van der Waals surface area contributed by atoms with Gasteiger partial charge in [-0.25, -0.2) is 4.79 Å². The molecule has 0 spiro atoms. The number of nitrogens with one attached hydrogen (secondary N) is 1. The fraction of sp³-hybridized carbons (Fsp3) is 0.963. The lowest BCUT2D eigenvalue weighted by Gasteiger charge is -2.43. The van der Waals surface area contributed by atoms with E-state index in [2.05, 4.69) is 67.6 Å². The van der Waals surface area contributed by atoms with Gasteiger partial charge >= 0.3 is 14.8 Å². The van der Waals surface area contributed by atoms with Crippen LogP contribution in [0.1, 0.15) is 107 Å². The molecule has 7 nitrogen and oxygen atoms in total. The number of aliphatic carboxylic acids is 1. The molecular weight excluding hydrogens is 490 g/mol. The molecule has 0 aromatic rings. The summed E-state index contributed by atoms with van der Waals surface area (Å²) >= 11 is 0. The van der Waals surface area contributed by atoms with Crippen molar-refractivity contribution in [2.45, 2.75) is 136 Å². The zero-order valence-electron chi connectivity index (χ0n) is 25.0. The van der Waals surface area contributed by atoms with Crippen LogP contribution in [0, 0.1) is 0 Å².